The second-order valence-corrected chi connectivity index (χ2v) is 4.24. The highest BCUT2D eigenvalue weighted by atomic mass is 16.4. The number of hydrogen-bond acceptors (Lipinski definition) is 10. The molecule has 0 aliphatic rings. The van der Waals surface area contributed by atoms with Crippen molar-refractivity contribution in [3.8, 4) is 0 Å². The van der Waals surface area contributed by atoms with Gasteiger partial charge in [-0.05, 0) is 13.8 Å². The molecule has 0 aromatic carbocycles. The van der Waals surface area contributed by atoms with Gasteiger partial charge in [0, 0.05) is 40.0 Å². The lowest BCUT2D eigenvalue weighted by molar-refractivity contribution is -0.135. The lowest BCUT2D eigenvalue weighted by atomic mass is 10.7. The Bertz CT molecular complexity index is 263. The van der Waals surface area contributed by atoms with Gasteiger partial charge in [-0.2, -0.15) is 0 Å². The highest BCUT2D eigenvalue weighted by Gasteiger charge is 1.67. The summed E-state index contributed by atoms with van der Waals surface area (Å²) < 4.78 is 0. The maximum absolute atomic E-state index is 9.00. The Morgan fingerprint density at radius 2 is 0.607 bits per heavy atom. The molecule has 0 bridgehead atoms. The fourth-order valence-electron chi connectivity index (χ4n) is 0. The van der Waals surface area contributed by atoms with Crippen molar-refractivity contribution in [3.05, 3.63) is 0 Å². The minimum atomic E-state index is -0.833. The van der Waals surface area contributed by atoms with E-state index in [1.807, 2.05) is 0 Å². The number of aliphatic hydroxyl groups excluding tert-OH is 2. The van der Waals surface area contributed by atoms with Gasteiger partial charge in [0.1, 0.15) is 0 Å². The summed E-state index contributed by atoms with van der Waals surface area (Å²) in [6, 6.07) is 0. The van der Waals surface area contributed by atoms with Crippen LogP contribution in [-0.2, 0) is 19.2 Å². The van der Waals surface area contributed by atoms with Gasteiger partial charge < -0.3 is 53.6 Å². The van der Waals surface area contributed by atoms with E-state index in [1.165, 1.54) is 0 Å². The van der Waals surface area contributed by atoms with Gasteiger partial charge in [0.15, 0.2) is 0 Å². The fourth-order valence-corrected chi connectivity index (χ4v) is 0. The monoisotopic (exact) mass is 422 g/mol. The summed E-state index contributed by atoms with van der Waals surface area (Å²) in [4.78, 5) is 36.0. The summed E-state index contributed by atoms with van der Waals surface area (Å²) in [6.45, 7) is 7.53. The van der Waals surface area contributed by atoms with E-state index in [0.717, 1.165) is 27.7 Å². The first-order valence-electron chi connectivity index (χ1n) is 7.33. The van der Waals surface area contributed by atoms with Crippen molar-refractivity contribution >= 4 is 23.9 Å². The largest absolute Gasteiger partial charge is 0.481 e. The zero-order chi connectivity index (χ0) is 24.9. The van der Waals surface area contributed by atoms with Crippen molar-refractivity contribution in [2.45, 2.75) is 53.9 Å². The number of hydrogen-bond donors (Lipinski definition) is 10. The van der Waals surface area contributed by atoms with Crippen LogP contribution >= 0.6 is 0 Å². The molecule has 0 heterocycles. The molecular formula is C14H38N4O10. The van der Waals surface area contributed by atoms with Crippen LogP contribution in [0.2, 0.25) is 0 Å². The first-order valence-corrected chi connectivity index (χ1v) is 7.33. The molecule has 0 aliphatic carbocycles. The molecule has 0 aromatic heterocycles. The Labute approximate surface area is 164 Å². The van der Waals surface area contributed by atoms with Gasteiger partial charge in [0.25, 0.3) is 23.9 Å². The normalized spacial score (nSPS) is 7.21. The van der Waals surface area contributed by atoms with Crippen molar-refractivity contribution in [2.75, 3.05) is 13.2 Å². The number of nitrogens with two attached hydrogens (primary N) is 4. The number of rotatable bonds is 1. The van der Waals surface area contributed by atoms with E-state index in [4.69, 9.17) is 72.8 Å². The zero-order valence-corrected chi connectivity index (χ0v) is 17.2. The molecule has 0 fully saturated rings. The van der Waals surface area contributed by atoms with E-state index in [-0.39, 0.29) is 25.5 Å². The Balaban J connectivity index is -0.0000000367. The Hall–Kier alpha value is -2.36. The van der Waals surface area contributed by atoms with Gasteiger partial charge in [-0.1, -0.05) is 0 Å². The van der Waals surface area contributed by atoms with Gasteiger partial charge in [0.2, 0.25) is 0 Å². The average molecular weight is 422 g/mol. The van der Waals surface area contributed by atoms with Crippen molar-refractivity contribution in [2.24, 2.45) is 22.9 Å². The van der Waals surface area contributed by atoms with Crippen LogP contribution in [-0.4, -0.2) is 80.1 Å². The number of carbonyl (C=O) groups is 4. The molecule has 0 radical (unpaired) electrons. The molecule has 14 heteroatoms. The highest BCUT2D eigenvalue weighted by molar-refractivity contribution is 5.63. The second-order valence-electron chi connectivity index (χ2n) is 4.24. The van der Waals surface area contributed by atoms with Crippen molar-refractivity contribution in [1.82, 2.24) is 0 Å². The summed E-state index contributed by atoms with van der Waals surface area (Å²) in [5.41, 5.74) is 19.6. The third kappa shape index (κ3) is 6550. The number of aliphatic hydroxyl groups is 2. The van der Waals surface area contributed by atoms with Gasteiger partial charge in [-0.3, -0.25) is 19.2 Å². The van der Waals surface area contributed by atoms with Crippen molar-refractivity contribution < 1.29 is 49.8 Å². The number of carboxylic acid groups (broad SMARTS) is 4. The highest BCUT2D eigenvalue weighted by Crippen LogP contribution is 1.43. The molecule has 14 N–H and O–H groups in total. The molecule has 0 saturated carbocycles. The first-order chi connectivity index (χ1) is 12.3. The molecule has 0 unspecified atom stereocenters. The van der Waals surface area contributed by atoms with Crippen LogP contribution in [0.4, 0.5) is 0 Å². The van der Waals surface area contributed by atoms with Crippen LogP contribution in [0.3, 0.4) is 0 Å². The number of aliphatic carboxylic acids is 4. The van der Waals surface area contributed by atoms with E-state index in [9.17, 15) is 0 Å². The number of carboxylic acids is 4. The quantitative estimate of drug-likeness (QED) is 0.201. The van der Waals surface area contributed by atoms with E-state index < -0.39 is 23.9 Å². The van der Waals surface area contributed by atoms with Crippen LogP contribution in [0.5, 0.6) is 0 Å². The van der Waals surface area contributed by atoms with Gasteiger partial charge in [-0.15, -0.1) is 0 Å². The first kappa shape index (κ1) is 44.8. The maximum Gasteiger partial charge on any atom is 0.300 e. The standard InChI is InChI=1S/2C2H8N2.4C2H4O2.C2H6O2/c6*1-2(3)4;3-1-2-4/h2*2H,3-4H2,1H3;4*1H3,(H,3,4);3-4H,1-2H2. The van der Waals surface area contributed by atoms with Crippen molar-refractivity contribution in [1.29, 1.82) is 0 Å². The van der Waals surface area contributed by atoms with Crippen LogP contribution in [0.1, 0.15) is 41.5 Å². The van der Waals surface area contributed by atoms with E-state index in [1.54, 1.807) is 13.8 Å². The molecule has 0 spiro atoms. The lowest BCUT2D eigenvalue weighted by Gasteiger charge is -1.83. The predicted octanol–water partition coefficient (Wildman–Crippen LogP) is -2.17. The van der Waals surface area contributed by atoms with E-state index >= 15 is 0 Å². The molecule has 14 nitrogen and oxygen atoms in total. The Kier molecular flexibility index (Phi) is 70.8. The van der Waals surface area contributed by atoms with Crippen molar-refractivity contribution in [3.63, 3.8) is 0 Å². The molecule has 0 aromatic rings. The van der Waals surface area contributed by atoms with Crippen LogP contribution < -0.4 is 22.9 Å². The maximum atomic E-state index is 9.00. The molecule has 0 amide bonds. The smallest absolute Gasteiger partial charge is 0.300 e. The predicted molar refractivity (Wildman–Crippen MR) is 103 cm³/mol. The summed E-state index contributed by atoms with van der Waals surface area (Å²) in [7, 11) is 0. The van der Waals surface area contributed by atoms with Crippen LogP contribution in [0.25, 0.3) is 0 Å². The Morgan fingerprint density at radius 3 is 0.607 bits per heavy atom. The zero-order valence-electron chi connectivity index (χ0n) is 17.2. The lowest BCUT2D eigenvalue weighted by Crippen LogP contribution is -2.25. The van der Waals surface area contributed by atoms with Gasteiger partial charge >= 0.3 is 0 Å². The molecule has 0 rings (SSSR count). The summed E-state index contributed by atoms with van der Waals surface area (Å²) in [5.74, 6) is -3.33. The minimum absolute atomic E-state index is 0.125. The topological polar surface area (TPSA) is 294 Å². The molecule has 0 atom stereocenters. The van der Waals surface area contributed by atoms with Crippen LogP contribution in [0, 0.1) is 0 Å². The third-order valence-electron chi connectivity index (χ3n) is 0.1000. The van der Waals surface area contributed by atoms with E-state index in [0.29, 0.717) is 0 Å². The van der Waals surface area contributed by atoms with Crippen LogP contribution in [0.15, 0.2) is 0 Å². The summed E-state index contributed by atoms with van der Waals surface area (Å²) >= 11 is 0. The van der Waals surface area contributed by atoms with Gasteiger partial charge in [0.05, 0.1) is 13.2 Å². The third-order valence-corrected chi connectivity index (χ3v) is 0.1000. The average Bonchev–Trinajstić information content (AvgIpc) is 2.34. The SMILES string of the molecule is CC(=O)O.CC(=O)O.CC(=O)O.CC(=O)O.CC(N)N.CC(N)N.OCCO. The second kappa shape index (κ2) is 44.3. The minimum Gasteiger partial charge on any atom is -0.481 e. The van der Waals surface area contributed by atoms with Gasteiger partial charge in [-0.25, -0.2) is 0 Å². The molecule has 0 aliphatic heterocycles. The van der Waals surface area contributed by atoms with E-state index in [2.05, 4.69) is 0 Å². The molecular weight excluding hydrogens is 384 g/mol. The summed E-state index contributed by atoms with van der Waals surface area (Å²) in [6.07, 6.45) is -0.333. The fraction of sp³-hybridized carbons (Fsp3) is 0.714. The molecule has 0 saturated heterocycles. The molecule has 28 heavy (non-hydrogen) atoms. The summed E-state index contributed by atoms with van der Waals surface area (Å²) in [5, 5.41) is 44.9. The Morgan fingerprint density at radius 1 is 0.571 bits per heavy atom. The molecule has 174 valence electrons.